The van der Waals surface area contributed by atoms with Gasteiger partial charge in [0.25, 0.3) is 0 Å². The molecule has 2 unspecified atom stereocenters. The van der Waals surface area contributed by atoms with Crippen molar-refractivity contribution in [2.75, 3.05) is 6.54 Å². The van der Waals surface area contributed by atoms with Gasteiger partial charge in [-0.25, -0.2) is 0 Å². The Balaban J connectivity index is 1.51. The van der Waals surface area contributed by atoms with E-state index in [1.165, 1.54) is 47.5 Å². The summed E-state index contributed by atoms with van der Waals surface area (Å²) in [6.45, 7) is 4.62. The maximum atomic E-state index is 3.68. The minimum absolute atomic E-state index is 0.882. The van der Waals surface area contributed by atoms with Crippen LogP contribution in [0.3, 0.4) is 0 Å². The SMILES string of the molecule is CC1CCCCC1CNCc1ccc(-c2ccccc2)s1. The molecule has 1 aliphatic rings. The summed E-state index contributed by atoms with van der Waals surface area (Å²) >= 11 is 1.91. The number of thiophene rings is 1. The van der Waals surface area contributed by atoms with E-state index in [9.17, 15) is 0 Å². The first kappa shape index (κ1) is 14.8. The smallest absolute Gasteiger partial charge is 0.0346 e. The van der Waals surface area contributed by atoms with Crippen LogP contribution in [0.15, 0.2) is 42.5 Å². The highest BCUT2D eigenvalue weighted by Gasteiger charge is 2.20. The van der Waals surface area contributed by atoms with Crippen LogP contribution >= 0.6 is 11.3 Å². The van der Waals surface area contributed by atoms with Gasteiger partial charge < -0.3 is 5.32 Å². The van der Waals surface area contributed by atoms with Crippen LogP contribution in [0, 0.1) is 11.8 Å². The van der Waals surface area contributed by atoms with Gasteiger partial charge in [-0.3, -0.25) is 0 Å². The highest BCUT2D eigenvalue weighted by Crippen LogP contribution is 2.30. The van der Waals surface area contributed by atoms with E-state index >= 15 is 0 Å². The van der Waals surface area contributed by atoms with Gasteiger partial charge in [-0.2, -0.15) is 0 Å². The Morgan fingerprint density at radius 2 is 1.86 bits per heavy atom. The Bertz CT molecular complexity index is 546. The fourth-order valence-electron chi connectivity index (χ4n) is 3.31. The molecule has 1 saturated carbocycles. The van der Waals surface area contributed by atoms with Crippen LogP contribution in [0.5, 0.6) is 0 Å². The van der Waals surface area contributed by atoms with E-state index in [2.05, 4.69) is 54.7 Å². The largest absolute Gasteiger partial charge is 0.312 e. The first-order valence-electron chi connectivity index (χ1n) is 8.18. The second-order valence-corrected chi connectivity index (χ2v) is 7.45. The molecule has 1 N–H and O–H groups in total. The molecule has 0 spiro atoms. The van der Waals surface area contributed by atoms with Crippen molar-refractivity contribution < 1.29 is 0 Å². The third kappa shape index (κ3) is 3.96. The Hall–Kier alpha value is -1.12. The molecule has 2 atom stereocenters. The molecular formula is C19H25NS. The molecule has 2 heteroatoms. The highest BCUT2D eigenvalue weighted by atomic mass is 32.1. The molecule has 2 aromatic rings. The van der Waals surface area contributed by atoms with Crippen molar-refractivity contribution in [2.45, 2.75) is 39.2 Å². The summed E-state index contributed by atoms with van der Waals surface area (Å²) in [6.07, 6.45) is 5.69. The summed E-state index contributed by atoms with van der Waals surface area (Å²) < 4.78 is 0. The van der Waals surface area contributed by atoms with Gasteiger partial charge in [0.05, 0.1) is 0 Å². The lowest BCUT2D eigenvalue weighted by Crippen LogP contribution is -2.28. The quantitative estimate of drug-likeness (QED) is 0.786. The zero-order valence-electron chi connectivity index (χ0n) is 12.8. The molecule has 112 valence electrons. The zero-order valence-corrected chi connectivity index (χ0v) is 13.7. The van der Waals surface area contributed by atoms with Crippen LogP contribution in [0.4, 0.5) is 0 Å². The van der Waals surface area contributed by atoms with E-state index in [0.717, 1.165) is 18.4 Å². The molecule has 1 aliphatic carbocycles. The van der Waals surface area contributed by atoms with Gasteiger partial charge in [-0.05, 0) is 42.5 Å². The minimum Gasteiger partial charge on any atom is -0.312 e. The molecule has 3 rings (SSSR count). The molecular weight excluding hydrogens is 274 g/mol. The number of benzene rings is 1. The van der Waals surface area contributed by atoms with Crippen LogP contribution in [0.1, 0.15) is 37.5 Å². The molecule has 1 fully saturated rings. The Kier molecular flexibility index (Phi) is 5.10. The van der Waals surface area contributed by atoms with Crippen molar-refractivity contribution in [1.82, 2.24) is 5.32 Å². The summed E-state index contributed by atoms with van der Waals surface area (Å²) in [5.74, 6) is 1.78. The maximum Gasteiger partial charge on any atom is 0.0346 e. The highest BCUT2D eigenvalue weighted by molar-refractivity contribution is 7.15. The van der Waals surface area contributed by atoms with Crippen molar-refractivity contribution in [3.63, 3.8) is 0 Å². The molecule has 0 amide bonds. The monoisotopic (exact) mass is 299 g/mol. The minimum atomic E-state index is 0.882. The lowest BCUT2D eigenvalue weighted by molar-refractivity contribution is 0.248. The summed E-state index contributed by atoms with van der Waals surface area (Å²) in [6, 6.07) is 15.2. The van der Waals surface area contributed by atoms with Gasteiger partial charge in [-0.15, -0.1) is 11.3 Å². The molecule has 1 nitrogen and oxygen atoms in total. The van der Waals surface area contributed by atoms with Crippen molar-refractivity contribution in [3.05, 3.63) is 47.3 Å². The van der Waals surface area contributed by atoms with Gasteiger partial charge >= 0.3 is 0 Å². The van der Waals surface area contributed by atoms with Crippen LogP contribution in [-0.4, -0.2) is 6.54 Å². The van der Waals surface area contributed by atoms with Gasteiger partial charge in [0.2, 0.25) is 0 Å². The molecule has 1 aromatic heterocycles. The third-order valence-corrected chi connectivity index (χ3v) is 5.85. The van der Waals surface area contributed by atoms with Gasteiger partial charge in [-0.1, -0.05) is 56.5 Å². The number of nitrogens with one attached hydrogen (secondary N) is 1. The molecule has 1 aromatic carbocycles. The van der Waals surface area contributed by atoms with Gasteiger partial charge in [0, 0.05) is 16.3 Å². The lowest BCUT2D eigenvalue weighted by Gasteiger charge is -2.28. The van der Waals surface area contributed by atoms with Gasteiger partial charge in [0.15, 0.2) is 0 Å². The maximum absolute atomic E-state index is 3.68. The summed E-state index contributed by atoms with van der Waals surface area (Å²) in [7, 11) is 0. The van der Waals surface area contributed by atoms with Crippen LogP contribution in [0.25, 0.3) is 10.4 Å². The van der Waals surface area contributed by atoms with Gasteiger partial charge in [0.1, 0.15) is 0 Å². The second-order valence-electron chi connectivity index (χ2n) is 6.28. The second kappa shape index (κ2) is 7.24. The lowest BCUT2D eigenvalue weighted by atomic mass is 9.80. The predicted octanol–water partition coefficient (Wildman–Crippen LogP) is 5.33. The normalized spacial score (nSPS) is 22.3. The molecule has 21 heavy (non-hydrogen) atoms. The molecule has 0 bridgehead atoms. The fourth-order valence-corrected chi connectivity index (χ4v) is 4.29. The van der Waals surface area contributed by atoms with Crippen LogP contribution in [0.2, 0.25) is 0 Å². The summed E-state index contributed by atoms with van der Waals surface area (Å²) in [5, 5.41) is 3.68. The standard InChI is InChI=1S/C19H25NS/c1-15-7-5-6-10-17(15)13-20-14-18-11-12-19(21-18)16-8-3-2-4-9-16/h2-4,8-9,11-12,15,17,20H,5-7,10,13-14H2,1H3. The van der Waals surface area contributed by atoms with Crippen LogP contribution in [-0.2, 0) is 6.54 Å². The van der Waals surface area contributed by atoms with Crippen molar-refractivity contribution in [3.8, 4) is 10.4 Å². The molecule has 1 heterocycles. The van der Waals surface area contributed by atoms with E-state index in [-0.39, 0.29) is 0 Å². The Labute approximate surface area is 132 Å². The predicted molar refractivity (Wildman–Crippen MR) is 92.6 cm³/mol. The van der Waals surface area contributed by atoms with E-state index in [0.29, 0.717) is 0 Å². The summed E-state index contributed by atoms with van der Waals surface area (Å²) in [5.41, 5.74) is 1.33. The zero-order chi connectivity index (χ0) is 14.5. The van der Waals surface area contributed by atoms with E-state index < -0.39 is 0 Å². The number of rotatable bonds is 5. The topological polar surface area (TPSA) is 12.0 Å². The first-order chi connectivity index (χ1) is 10.3. The van der Waals surface area contributed by atoms with Crippen LogP contribution < -0.4 is 5.32 Å². The number of hydrogen-bond acceptors (Lipinski definition) is 2. The van der Waals surface area contributed by atoms with E-state index in [1.54, 1.807) is 0 Å². The Morgan fingerprint density at radius 3 is 2.67 bits per heavy atom. The Morgan fingerprint density at radius 1 is 1.05 bits per heavy atom. The third-order valence-electron chi connectivity index (χ3n) is 4.71. The number of hydrogen-bond donors (Lipinski definition) is 1. The molecule has 0 saturated heterocycles. The first-order valence-corrected chi connectivity index (χ1v) is 8.99. The average Bonchev–Trinajstić information content (AvgIpc) is 2.99. The van der Waals surface area contributed by atoms with Crippen molar-refractivity contribution in [2.24, 2.45) is 11.8 Å². The van der Waals surface area contributed by atoms with Crippen molar-refractivity contribution in [1.29, 1.82) is 0 Å². The molecule has 0 aliphatic heterocycles. The summed E-state index contributed by atoms with van der Waals surface area (Å²) in [4.78, 5) is 2.82. The van der Waals surface area contributed by atoms with E-state index in [1.807, 2.05) is 11.3 Å². The average molecular weight is 299 g/mol. The fraction of sp³-hybridized carbons (Fsp3) is 0.474. The van der Waals surface area contributed by atoms with E-state index in [4.69, 9.17) is 0 Å². The molecule has 0 radical (unpaired) electrons. The van der Waals surface area contributed by atoms with Crippen molar-refractivity contribution >= 4 is 11.3 Å².